The van der Waals surface area contributed by atoms with Crippen LogP contribution in [0, 0.1) is 0 Å². The number of carbonyl (C=O) groups is 1. The van der Waals surface area contributed by atoms with Gasteiger partial charge in [0.25, 0.3) is 0 Å². The van der Waals surface area contributed by atoms with Gasteiger partial charge in [-0.15, -0.1) is 0 Å². The van der Waals surface area contributed by atoms with Crippen LogP contribution in [-0.4, -0.2) is 18.0 Å². The monoisotopic (exact) mass is 318 g/mol. The fourth-order valence-corrected chi connectivity index (χ4v) is 2.04. The lowest BCUT2D eigenvalue weighted by atomic mass is 10.2. The Morgan fingerprint density at radius 3 is 2.53 bits per heavy atom. The van der Waals surface area contributed by atoms with Crippen molar-refractivity contribution >= 4 is 39.1 Å². The molecule has 94 valence electrons. The Kier molecular flexibility index (Phi) is 5.28. The van der Waals surface area contributed by atoms with E-state index in [-0.39, 0.29) is 18.0 Å². The summed E-state index contributed by atoms with van der Waals surface area (Å²) in [6, 6.07) is 5.31. The maximum atomic E-state index is 11.7. The standard InChI is InChI=1S/C12H16BrClN2O/c1-7(2)15-12(17)8(3)16-11-5-4-9(13)6-10(11)14/h4-8,16H,1-3H3,(H,15,17). The molecule has 0 saturated carbocycles. The summed E-state index contributed by atoms with van der Waals surface area (Å²) in [6.07, 6.45) is 0. The molecule has 0 fully saturated rings. The third-order valence-electron chi connectivity index (χ3n) is 2.13. The fraction of sp³-hybridized carbons (Fsp3) is 0.417. The third-order valence-corrected chi connectivity index (χ3v) is 2.93. The molecule has 0 bridgehead atoms. The molecule has 17 heavy (non-hydrogen) atoms. The first-order valence-corrected chi connectivity index (χ1v) is 6.59. The van der Waals surface area contributed by atoms with E-state index in [2.05, 4.69) is 26.6 Å². The van der Waals surface area contributed by atoms with Crippen molar-refractivity contribution < 1.29 is 4.79 Å². The summed E-state index contributed by atoms with van der Waals surface area (Å²) in [6.45, 7) is 5.66. The smallest absolute Gasteiger partial charge is 0.242 e. The van der Waals surface area contributed by atoms with Gasteiger partial charge in [-0.3, -0.25) is 4.79 Å². The molecule has 2 N–H and O–H groups in total. The van der Waals surface area contributed by atoms with Crippen LogP contribution in [0.4, 0.5) is 5.69 Å². The van der Waals surface area contributed by atoms with Crippen molar-refractivity contribution in [2.75, 3.05) is 5.32 Å². The van der Waals surface area contributed by atoms with Gasteiger partial charge in [0.15, 0.2) is 0 Å². The zero-order chi connectivity index (χ0) is 13.0. The van der Waals surface area contributed by atoms with Crippen LogP contribution in [0.15, 0.2) is 22.7 Å². The lowest BCUT2D eigenvalue weighted by Crippen LogP contribution is -2.41. The SMILES string of the molecule is CC(C)NC(=O)C(C)Nc1ccc(Br)cc1Cl. The number of hydrogen-bond donors (Lipinski definition) is 2. The Hall–Kier alpha value is -0.740. The molecule has 0 spiro atoms. The van der Waals surface area contributed by atoms with E-state index < -0.39 is 0 Å². The fourth-order valence-electron chi connectivity index (χ4n) is 1.31. The van der Waals surface area contributed by atoms with Crippen molar-refractivity contribution in [3.8, 4) is 0 Å². The first-order valence-electron chi connectivity index (χ1n) is 5.42. The number of benzene rings is 1. The topological polar surface area (TPSA) is 41.1 Å². The van der Waals surface area contributed by atoms with Crippen LogP contribution in [0.25, 0.3) is 0 Å². The van der Waals surface area contributed by atoms with Gasteiger partial charge in [-0.2, -0.15) is 0 Å². The predicted molar refractivity (Wildman–Crippen MR) is 75.5 cm³/mol. The van der Waals surface area contributed by atoms with Crippen LogP contribution < -0.4 is 10.6 Å². The second-order valence-corrected chi connectivity index (χ2v) is 5.48. The van der Waals surface area contributed by atoms with E-state index in [0.29, 0.717) is 5.02 Å². The van der Waals surface area contributed by atoms with Crippen molar-refractivity contribution in [2.45, 2.75) is 32.9 Å². The minimum atomic E-state index is -0.323. The molecule has 1 unspecified atom stereocenters. The average molecular weight is 320 g/mol. The van der Waals surface area contributed by atoms with Gasteiger partial charge in [-0.05, 0) is 39.0 Å². The summed E-state index contributed by atoms with van der Waals surface area (Å²) < 4.78 is 0.910. The zero-order valence-electron chi connectivity index (χ0n) is 10.1. The maximum absolute atomic E-state index is 11.7. The lowest BCUT2D eigenvalue weighted by molar-refractivity contribution is -0.122. The summed E-state index contributed by atoms with van der Waals surface area (Å²) in [5.74, 6) is -0.0426. The van der Waals surface area contributed by atoms with Crippen molar-refractivity contribution in [3.05, 3.63) is 27.7 Å². The minimum Gasteiger partial charge on any atom is -0.373 e. The molecule has 0 heterocycles. The Balaban J connectivity index is 2.67. The third kappa shape index (κ3) is 4.56. The molecule has 1 aromatic carbocycles. The normalized spacial score (nSPS) is 12.4. The first-order chi connectivity index (χ1) is 7.90. The predicted octanol–water partition coefficient (Wildman–Crippen LogP) is 3.43. The maximum Gasteiger partial charge on any atom is 0.242 e. The van der Waals surface area contributed by atoms with Crippen LogP contribution >= 0.6 is 27.5 Å². The Bertz CT molecular complexity index is 409. The van der Waals surface area contributed by atoms with Crippen molar-refractivity contribution in [3.63, 3.8) is 0 Å². The molecule has 1 aromatic rings. The minimum absolute atomic E-state index is 0.0426. The van der Waals surface area contributed by atoms with Crippen LogP contribution in [-0.2, 0) is 4.79 Å². The highest BCUT2D eigenvalue weighted by Gasteiger charge is 2.14. The van der Waals surface area contributed by atoms with Gasteiger partial charge in [0.2, 0.25) is 5.91 Å². The summed E-state index contributed by atoms with van der Waals surface area (Å²) in [5.41, 5.74) is 0.751. The van der Waals surface area contributed by atoms with E-state index in [4.69, 9.17) is 11.6 Å². The largest absolute Gasteiger partial charge is 0.373 e. The van der Waals surface area contributed by atoms with Crippen LogP contribution in [0.3, 0.4) is 0 Å². The molecule has 0 aliphatic carbocycles. The van der Waals surface area contributed by atoms with Gasteiger partial charge >= 0.3 is 0 Å². The van der Waals surface area contributed by atoms with E-state index in [9.17, 15) is 4.79 Å². The highest BCUT2D eigenvalue weighted by molar-refractivity contribution is 9.10. The molecule has 1 amide bonds. The van der Waals surface area contributed by atoms with Gasteiger partial charge in [-0.1, -0.05) is 27.5 Å². The van der Waals surface area contributed by atoms with E-state index >= 15 is 0 Å². The second kappa shape index (κ2) is 6.26. The summed E-state index contributed by atoms with van der Waals surface area (Å²) in [7, 11) is 0. The Labute approximate surface area is 115 Å². The number of halogens is 2. The summed E-state index contributed by atoms with van der Waals surface area (Å²) in [4.78, 5) is 11.7. The van der Waals surface area contributed by atoms with Gasteiger partial charge < -0.3 is 10.6 Å². The molecule has 5 heteroatoms. The molecule has 0 aliphatic rings. The molecule has 0 saturated heterocycles. The number of carbonyl (C=O) groups excluding carboxylic acids is 1. The molecule has 0 aliphatic heterocycles. The lowest BCUT2D eigenvalue weighted by Gasteiger charge is -2.17. The van der Waals surface area contributed by atoms with Crippen molar-refractivity contribution in [1.82, 2.24) is 5.32 Å². The van der Waals surface area contributed by atoms with E-state index in [1.54, 1.807) is 13.0 Å². The summed E-state index contributed by atoms with van der Waals surface area (Å²) >= 11 is 9.39. The summed E-state index contributed by atoms with van der Waals surface area (Å²) in [5, 5.41) is 6.50. The van der Waals surface area contributed by atoms with Crippen LogP contribution in [0.2, 0.25) is 5.02 Å². The average Bonchev–Trinajstić information content (AvgIpc) is 2.21. The Morgan fingerprint density at radius 1 is 1.35 bits per heavy atom. The van der Waals surface area contributed by atoms with E-state index in [0.717, 1.165) is 10.2 Å². The number of hydrogen-bond acceptors (Lipinski definition) is 2. The number of rotatable bonds is 4. The molecule has 0 radical (unpaired) electrons. The molecule has 1 rings (SSSR count). The quantitative estimate of drug-likeness (QED) is 0.893. The van der Waals surface area contributed by atoms with E-state index in [1.807, 2.05) is 26.0 Å². The molecular formula is C12H16BrClN2O. The van der Waals surface area contributed by atoms with Gasteiger partial charge in [-0.25, -0.2) is 0 Å². The van der Waals surface area contributed by atoms with Crippen LogP contribution in [0.5, 0.6) is 0 Å². The van der Waals surface area contributed by atoms with Gasteiger partial charge in [0.05, 0.1) is 10.7 Å². The number of nitrogens with one attached hydrogen (secondary N) is 2. The Morgan fingerprint density at radius 2 is 2.00 bits per heavy atom. The molecule has 1 atom stereocenters. The molecule has 3 nitrogen and oxygen atoms in total. The highest BCUT2D eigenvalue weighted by Crippen LogP contribution is 2.26. The van der Waals surface area contributed by atoms with E-state index in [1.165, 1.54) is 0 Å². The molecular weight excluding hydrogens is 304 g/mol. The number of amides is 1. The highest BCUT2D eigenvalue weighted by atomic mass is 79.9. The molecule has 0 aromatic heterocycles. The van der Waals surface area contributed by atoms with Crippen molar-refractivity contribution in [2.24, 2.45) is 0 Å². The van der Waals surface area contributed by atoms with Gasteiger partial charge in [0.1, 0.15) is 6.04 Å². The van der Waals surface area contributed by atoms with Gasteiger partial charge in [0, 0.05) is 10.5 Å². The number of anilines is 1. The first kappa shape index (κ1) is 14.3. The zero-order valence-corrected chi connectivity index (χ0v) is 12.4. The second-order valence-electron chi connectivity index (χ2n) is 4.15. The van der Waals surface area contributed by atoms with Crippen molar-refractivity contribution in [1.29, 1.82) is 0 Å². The van der Waals surface area contributed by atoms with Crippen LogP contribution in [0.1, 0.15) is 20.8 Å².